The second-order valence-corrected chi connectivity index (χ2v) is 7.64. The van der Waals surface area contributed by atoms with Crippen molar-refractivity contribution >= 4 is 68.2 Å². The fourth-order valence-electron chi connectivity index (χ4n) is 4.15. The minimum atomic E-state index is 0.613. The third-order valence-electron chi connectivity index (χ3n) is 5.60. The van der Waals surface area contributed by atoms with Gasteiger partial charge in [0.2, 0.25) is 0 Å². The van der Waals surface area contributed by atoms with Crippen molar-refractivity contribution in [3.63, 3.8) is 0 Å². The number of aliphatic imine (C=N–C) groups is 4. The van der Waals surface area contributed by atoms with Crippen molar-refractivity contribution in [2.24, 2.45) is 20.0 Å². The van der Waals surface area contributed by atoms with Crippen molar-refractivity contribution in [2.45, 2.75) is 0 Å². The van der Waals surface area contributed by atoms with Gasteiger partial charge in [-0.25, -0.2) is 20.0 Å². The van der Waals surface area contributed by atoms with Crippen LogP contribution in [0.4, 0.5) is 23.3 Å². The number of nitrogens with one attached hydrogen (secondary N) is 4. The van der Waals surface area contributed by atoms with Crippen LogP contribution < -0.4 is 10.6 Å². The van der Waals surface area contributed by atoms with Gasteiger partial charge in [-0.2, -0.15) is 0 Å². The Kier molecular flexibility index (Phi) is 3.40. The molecule has 8 bridgehead atoms. The van der Waals surface area contributed by atoms with E-state index in [2.05, 4.69) is 54.9 Å². The van der Waals surface area contributed by atoms with E-state index in [1.807, 2.05) is 48.6 Å². The van der Waals surface area contributed by atoms with Crippen LogP contribution in [0.25, 0.3) is 21.5 Å². The first-order chi connectivity index (χ1) is 15.8. The molecule has 3 aliphatic heterocycles. The molecule has 0 aliphatic carbocycles. The third kappa shape index (κ3) is 2.63. The molecule has 0 saturated carbocycles. The molecule has 0 saturated heterocycles. The van der Waals surface area contributed by atoms with Crippen molar-refractivity contribution < 1.29 is 0 Å². The molecule has 5 heterocycles. The summed E-state index contributed by atoms with van der Waals surface area (Å²) in [5.41, 5.74) is 0. The zero-order valence-corrected chi connectivity index (χ0v) is 16.7. The van der Waals surface area contributed by atoms with Crippen LogP contribution in [0.3, 0.4) is 0 Å². The van der Waals surface area contributed by atoms with E-state index in [-0.39, 0.29) is 0 Å². The van der Waals surface area contributed by atoms with E-state index in [4.69, 9.17) is 9.98 Å². The molecule has 32 heavy (non-hydrogen) atoms. The van der Waals surface area contributed by atoms with Gasteiger partial charge < -0.3 is 20.6 Å². The van der Waals surface area contributed by atoms with Crippen LogP contribution in [0, 0.1) is 0 Å². The quantitative estimate of drug-likeness (QED) is 0.324. The van der Waals surface area contributed by atoms with E-state index in [9.17, 15) is 0 Å². The number of nitrogens with zero attached hydrogens (tertiary/aromatic N) is 4. The van der Waals surface area contributed by atoms with E-state index in [1.165, 1.54) is 0 Å². The minimum Gasteiger partial charge on any atom is -0.327 e. The van der Waals surface area contributed by atoms with Crippen molar-refractivity contribution in [3.8, 4) is 0 Å². The van der Waals surface area contributed by atoms with Crippen LogP contribution in [0.5, 0.6) is 0 Å². The molecule has 0 radical (unpaired) electrons. The minimum absolute atomic E-state index is 0.613. The second kappa shape index (κ2) is 6.39. The Balaban J connectivity index is 1.49. The van der Waals surface area contributed by atoms with Gasteiger partial charge in [0.1, 0.15) is 34.9 Å². The summed E-state index contributed by atoms with van der Waals surface area (Å²) in [6.07, 6.45) is 7.53. The number of H-pyrrole nitrogens is 2. The van der Waals surface area contributed by atoms with Gasteiger partial charge in [-0.1, -0.05) is 48.5 Å². The molecule has 4 N–H and O–H groups in total. The summed E-state index contributed by atoms with van der Waals surface area (Å²) in [6, 6.07) is 16.3. The van der Waals surface area contributed by atoms with E-state index in [0.29, 0.717) is 23.3 Å². The van der Waals surface area contributed by atoms with Gasteiger partial charge >= 0.3 is 0 Å². The molecule has 4 aromatic rings. The monoisotopic (exact) mass is 416 g/mol. The SMILES string of the molecule is C1=CC2=NC1=Nc1[nH]c(c3ccccc13)Nc1[nH]c(c3ccccc13)N=C1C=CC(=N1)N2. The molecule has 7 rings (SSSR count). The highest BCUT2D eigenvalue weighted by Crippen LogP contribution is 2.38. The van der Waals surface area contributed by atoms with Crippen LogP contribution >= 0.6 is 0 Å². The summed E-state index contributed by atoms with van der Waals surface area (Å²) < 4.78 is 0. The topological polar surface area (TPSA) is 105 Å². The number of fused-ring (bicyclic) bond motifs is 12. The van der Waals surface area contributed by atoms with E-state index in [1.54, 1.807) is 0 Å². The smallest absolute Gasteiger partial charge is 0.156 e. The number of benzene rings is 2. The van der Waals surface area contributed by atoms with Crippen LogP contribution in [0.2, 0.25) is 0 Å². The predicted octanol–water partition coefficient (Wildman–Crippen LogP) is 4.99. The summed E-state index contributed by atoms with van der Waals surface area (Å²) in [4.78, 5) is 25.5. The highest BCUT2D eigenvalue weighted by atomic mass is 15.2. The predicted molar refractivity (Wildman–Crippen MR) is 130 cm³/mol. The Morgan fingerprint density at radius 2 is 0.938 bits per heavy atom. The molecule has 0 atom stereocenters. The van der Waals surface area contributed by atoms with Crippen LogP contribution in [0.15, 0.2) is 92.8 Å². The lowest BCUT2D eigenvalue weighted by Crippen LogP contribution is -2.26. The number of amidine groups is 4. The van der Waals surface area contributed by atoms with Gasteiger partial charge in [-0.15, -0.1) is 0 Å². The first-order valence-electron chi connectivity index (χ1n) is 10.3. The molecule has 2 aromatic carbocycles. The number of aromatic nitrogens is 2. The molecule has 3 aliphatic rings. The molecule has 0 amide bonds. The second-order valence-electron chi connectivity index (χ2n) is 7.64. The molecule has 2 aromatic heterocycles. The maximum Gasteiger partial charge on any atom is 0.156 e. The van der Waals surface area contributed by atoms with Gasteiger partial charge in [0.25, 0.3) is 0 Å². The summed E-state index contributed by atoms with van der Waals surface area (Å²) in [5.74, 6) is 5.78. The zero-order chi connectivity index (χ0) is 21.1. The maximum absolute atomic E-state index is 4.76. The molecule has 8 heteroatoms. The fraction of sp³-hybridized carbons (Fsp3) is 0. The van der Waals surface area contributed by atoms with E-state index >= 15 is 0 Å². The summed E-state index contributed by atoms with van der Waals surface area (Å²) >= 11 is 0. The highest BCUT2D eigenvalue weighted by Gasteiger charge is 2.17. The molecule has 152 valence electrons. The lowest BCUT2D eigenvalue weighted by Gasteiger charge is -2.03. The van der Waals surface area contributed by atoms with Gasteiger partial charge in [0.05, 0.1) is 0 Å². The Morgan fingerprint density at radius 3 is 1.44 bits per heavy atom. The van der Waals surface area contributed by atoms with Gasteiger partial charge in [-0.3, -0.25) is 0 Å². The lowest BCUT2D eigenvalue weighted by atomic mass is 10.2. The van der Waals surface area contributed by atoms with Gasteiger partial charge in [0.15, 0.2) is 11.7 Å². The molecular formula is C24H16N8. The molecule has 0 unspecified atom stereocenters. The lowest BCUT2D eigenvalue weighted by molar-refractivity contribution is 1.28. The molecular weight excluding hydrogens is 400 g/mol. The normalized spacial score (nSPS) is 16.5. The first-order valence-corrected chi connectivity index (χ1v) is 10.3. The maximum atomic E-state index is 4.76. The van der Waals surface area contributed by atoms with Crippen LogP contribution in [0.1, 0.15) is 0 Å². The number of rotatable bonds is 0. The van der Waals surface area contributed by atoms with Gasteiger partial charge in [0, 0.05) is 21.5 Å². The number of anilines is 2. The van der Waals surface area contributed by atoms with Crippen molar-refractivity contribution in [1.82, 2.24) is 15.3 Å². The fourth-order valence-corrected chi connectivity index (χ4v) is 4.15. The Labute approximate surface area is 181 Å². The Hall–Kier alpha value is -4.72. The highest BCUT2D eigenvalue weighted by molar-refractivity contribution is 6.24. The molecule has 8 nitrogen and oxygen atoms in total. The zero-order valence-electron chi connectivity index (χ0n) is 16.7. The number of hydrogen-bond donors (Lipinski definition) is 4. The third-order valence-corrected chi connectivity index (χ3v) is 5.60. The number of hydrogen-bond acceptors (Lipinski definition) is 6. The summed E-state index contributed by atoms with van der Waals surface area (Å²) in [6.45, 7) is 0. The first kappa shape index (κ1) is 17.0. The largest absolute Gasteiger partial charge is 0.327 e. The molecule has 0 spiro atoms. The van der Waals surface area contributed by atoms with Crippen molar-refractivity contribution in [1.29, 1.82) is 0 Å². The van der Waals surface area contributed by atoms with Crippen molar-refractivity contribution in [2.75, 3.05) is 5.32 Å². The van der Waals surface area contributed by atoms with Crippen LogP contribution in [-0.2, 0) is 0 Å². The average molecular weight is 416 g/mol. The standard InChI is InChI=1S/C24H16N8/c1-3-7-15-13(5-1)21-28-19-11-9-17(26-19)25-18-10-12-20(27-18)29-22-14-6-2-4-8-16(14)24(31-22)32-23(15)30-21/h1-12,30-32H,(H,25,26,27,28,29). The average Bonchev–Trinajstić information content (AvgIpc) is 3.58. The van der Waals surface area contributed by atoms with Crippen LogP contribution in [-0.4, -0.2) is 33.3 Å². The van der Waals surface area contributed by atoms with E-state index < -0.39 is 0 Å². The number of aromatic amines is 2. The Morgan fingerprint density at radius 1 is 0.469 bits per heavy atom. The summed E-state index contributed by atoms with van der Waals surface area (Å²) in [5, 5.41) is 10.9. The Bertz CT molecular complexity index is 1500. The van der Waals surface area contributed by atoms with Gasteiger partial charge in [-0.05, 0) is 24.3 Å². The van der Waals surface area contributed by atoms with E-state index in [0.717, 1.165) is 44.8 Å². The van der Waals surface area contributed by atoms with Crippen molar-refractivity contribution in [3.05, 3.63) is 72.8 Å². The summed E-state index contributed by atoms with van der Waals surface area (Å²) in [7, 11) is 0. The molecule has 0 fully saturated rings.